The molecule has 0 radical (unpaired) electrons. The minimum atomic E-state index is -1.45. The number of carbonyl (C=O) groups excluding carboxylic acids is 1. The van der Waals surface area contributed by atoms with E-state index >= 15 is 0 Å². The lowest BCUT2D eigenvalue weighted by molar-refractivity contribution is -0.150. The van der Waals surface area contributed by atoms with Gasteiger partial charge in [-0.15, -0.1) is 0 Å². The van der Waals surface area contributed by atoms with E-state index < -0.39 is 11.9 Å². The molecule has 4 heteroatoms. The van der Waals surface area contributed by atoms with Crippen LogP contribution >= 0.6 is 0 Å². The number of hydrogen-bond acceptors (Lipinski definition) is 2. The third-order valence-electron chi connectivity index (χ3n) is 2.95. The summed E-state index contributed by atoms with van der Waals surface area (Å²) in [6, 6.07) is 12.3. The first-order chi connectivity index (χ1) is 9.06. The molecule has 0 atom stereocenters. The van der Waals surface area contributed by atoms with Crippen molar-refractivity contribution in [1.29, 1.82) is 0 Å². The first-order valence-electron chi connectivity index (χ1n) is 6.07. The Balaban J connectivity index is 2.04. The number of fused-ring (bicyclic) bond motifs is 1. The number of carboxylic acid groups (broad SMARTS) is 1. The molecule has 98 valence electrons. The Bertz CT molecular complexity index is 634. The normalized spacial score (nSPS) is 10.4. The summed E-state index contributed by atoms with van der Waals surface area (Å²) in [6.45, 7) is 2.37. The highest BCUT2D eigenvalue weighted by molar-refractivity contribution is 6.31. The molecule has 4 nitrogen and oxygen atoms in total. The number of amides is 1. The maximum Gasteiger partial charge on any atom is 0.394 e. The molecule has 0 spiro atoms. The van der Waals surface area contributed by atoms with Gasteiger partial charge in [0.25, 0.3) is 0 Å². The minimum Gasteiger partial charge on any atom is -0.474 e. The number of carbonyl (C=O) groups is 2. The summed E-state index contributed by atoms with van der Waals surface area (Å²) in [5, 5.41) is 13.1. The summed E-state index contributed by atoms with van der Waals surface area (Å²) in [5.74, 6) is -2.41. The smallest absolute Gasteiger partial charge is 0.394 e. The average molecular weight is 257 g/mol. The van der Waals surface area contributed by atoms with Gasteiger partial charge in [0.05, 0.1) is 0 Å². The highest BCUT2D eigenvalue weighted by Crippen LogP contribution is 2.17. The summed E-state index contributed by atoms with van der Waals surface area (Å²) < 4.78 is 0. The molecule has 19 heavy (non-hydrogen) atoms. The number of aryl methyl sites for hydroxylation is 1. The van der Waals surface area contributed by atoms with Gasteiger partial charge in [-0.2, -0.15) is 0 Å². The van der Waals surface area contributed by atoms with E-state index in [1.54, 1.807) is 0 Å². The maximum atomic E-state index is 10.9. The molecular weight excluding hydrogens is 242 g/mol. The Morgan fingerprint density at radius 3 is 2.53 bits per heavy atom. The number of carboxylic acids is 1. The molecule has 0 fully saturated rings. The van der Waals surface area contributed by atoms with Crippen LogP contribution in [0.15, 0.2) is 36.4 Å². The van der Waals surface area contributed by atoms with Crippen LogP contribution in [0.1, 0.15) is 11.1 Å². The first kappa shape index (κ1) is 13.1. The molecule has 0 saturated heterocycles. The van der Waals surface area contributed by atoms with Crippen molar-refractivity contribution in [3.8, 4) is 0 Å². The van der Waals surface area contributed by atoms with Crippen LogP contribution in [-0.2, 0) is 16.0 Å². The van der Waals surface area contributed by atoms with Crippen molar-refractivity contribution >= 4 is 22.6 Å². The molecule has 2 rings (SSSR count). The summed E-state index contributed by atoms with van der Waals surface area (Å²) in [7, 11) is 0. The molecule has 0 unspecified atom stereocenters. The summed E-state index contributed by atoms with van der Waals surface area (Å²) in [4.78, 5) is 21.2. The fourth-order valence-electron chi connectivity index (χ4n) is 1.97. The Morgan fingerprint density at radius 2 is 1.79 bits per heavy atom. The van der Waals surface area contributed by atoms with Crippen molar-refractivity contribution in [2.45, 2.75) is 13.3 Å². The lowest BCUT2D eigenvalue weighted by Gasteiger charge is -2.05. The number of nitrogens with one attached hydrogen (secondary N) is 1. The Labute approximate surface area is 111 Å². The number of hydrogen-bond donors (Lipinski definition) is 2. The minimum absolute atomic E-state index is 0.322. The van der Waals surface area contributed by atoms with Gasteiger partial charge in [0, 0.05) is 6.54 Å². The molecule has 0 aliphatic heterocycles. The van der Waals surface area contributed by atoms with Crippen LogP contribution < -0.4 is 5.32 Å². The van der Waals surface area contributed by atoms with E-state index in [1.165, 1.54) is 10.9 Å². The van der Waals surface area contributed by atoms with E-state index in [2.05, 4.69) is 36.5 Å². The van der Waals surface area contributed by atoms with Crippen LogP contribution in [0.25, 0.3) is 10.8 Å². The Kier molecular flexibility index (Phi) is 3.80. The molecule has 2 N–H and O–H groups in total. The summed E-state index contributed by atoms with van der Waals surface area (Å²) >= 11 is 0. The molecule has 0 aliphatic rings. The van der Waals surface area contributed by atoms with Gasteiger partial charge in [-0.25, -0.2) is 4.79 Å². The van der Waals surface area contributed by atoms with Gasteiger partial charge in [0.1, 0.15) is 0 Å². The molecule has 2 aromatic carbocycles. The lowest BCUT2D eigenvalue weighted by atomic mass is 10.0. The van der Waals surface area contributed by atoms with Gasteiger partial charge >= 0.3 is 11.9 Å². The van der Waals surface area contributed by atoms with Crippen molar-refractivity contribution < 1.29 is 14.7 Å². The van der Waals surface area contributed by atoms with Crippen molar-refractivity contribution in [3.63, 3.8) is 0 Å². The average Bonchev–Trinajstić information content (AvgIpc) is 2.38. The zero-order chi connectivity index (χ0) is 13.8. The molecular formula is C15H15NO3. The monoisotopic (exact) mass is 257 g/mol. The van der Waals surface area contributed by atoms with Crippen molar-refractivity contribution in [2.75, 3.05) is 6.54 Å². The van der Waals surface area contributed by atoms with E-state index in [1.807, 2.05) is 12.1 Å². The van der Waals surface area contributed by atoms with Gasteiger partial charge < -0.3 is 10.4 Å². The molecule has 1 amide bonds. The Hall–Kier alpha value is -2.36. The van der Waals surface area contributed by atoms with E-state index in [9.17, 15) is 9.59 Å². The van der Waals surface area contributed by atoms with Gasteiger partial charge in [-0.3, -0.25) is 4.79 Å². The number of aliphatic carboxylic acids is 1. The van der Waals surface area contributed by atoms with Crippen LogP contribution in [-0.4, -0.2) is 23.5 Å². The molecule has 0 saturated carbocycles. The van der Waals surface area contributed by atoms with Crippen LogP contribution in [0.3, 0.4) is 0 Å². The van der Waals surface area contributed by atoms with E-state index in [4.69, 9.17) is 5.11 Å². The second-order valence-corrected chi connectivity index (χ2v) is 4.50. The largest absolute Gasteiger partial charge is 0.474 e. The molecule has 0 bridgehead atoms. The van der Waals surface area contributed by atoms with Crippen molar-refractivity contribution in [2.24, 2.45) is 0 Å². The SMILES string of the molecule is Cc1ccc2cc(CCNC(=O)C(=O)O)ccc2c1. The lowest BCUT2D eigenvalue weighted by Crippen LogP contribution is -2.32. The van der Waals surface area contributed by atoms with Crippen molar-refractivity contribution in [1.82, 2.24) is 5.32 Å². The van der Waals surface area contributed by atoms with Gasteiger partial charge in [-0.1, -0.05) is 42.0 Å². The standard InChI is InChI=1S/C15H15NO3/c1-10-2-4-13-9-11(3-5-12(13)8-10)6-7-16-14(17)15(18)19/h2-5,8-9H,6-7H2,1H3,(H,16,17)(H,18,19). The third-order valence-corrected chi connectivity index (χ3v) is 2.95. The van der Waals surface area contributed by atoms with Gasteiger partial charge in [0.2, 0.25) is 0 Å². The highest BCUT2D eigenvalue weighted by atomic mass is 16.4. The fourth-order valence-corrected chi connectivity index (χ4v) is 1.97. The van der Waals surface area contributed by atoms with E-state index in [-0.39, 0.29) is 0 Å². The molecule has 0 heterocycles. The summed E-state index contributed by atoms with van der Waals surface area (Å²) in [6.07, 6.45) is 0.614. The number of benzene rings is 2. The maximum absolute atomic E-state index is 10.9. The zero-order valence-electron chi connectivity index (χ0n) is 10.6. The first-order valence-corrected chi connectivity index (χ1v) is 6.07. The third kappa shape index (κ3) is 3.31. The van der Waals surface area contributed by atoms with Crippen LogP contribution in [0.5, 0.6) is 0 Å². The van der Waals surface area contributed by atoms with Gasteiger partial charge in [0.15, 0.2) is 0 Å². The second kappa shape index (κ2) is 5.52. The van der Waals surface area contributed by atoms with Gasteiger partial charge in [-0.05, 0) is 29.7 Å². The highest BCUT2D eigenvalue weighted by Gasteiger charge is 2.09. The number of rotatable bonds is 3. The predicted molar refractivity (Wildman–Crippen MR) is 73.0 cm³/mol. The quantitative estimate of drug-likeness (QED) is 0.825. The molecule has 0 aliphatic carbocycles. The Morgan fingerprint density at radius 1 is 1.11 bits per heavy atom. The topological polar surface area (TPSA) is 66.4 Å². The van der Waals surface area contributed by atoms with E-state index in [0.29, 0.717) is 13.0 Å². The molecule has 0 aromatic heterocycles. The van der Waals surface area contributed by atoms with Crippen LogP contribution in [0.4, 0.5) is 0 Å². The van der Waals surface area contributed by atoms with Crippen molar-refractivity contribution in [3.05, 3.63) is 47.5 Å². The second-order valence-electron chi connectivity index (χ2n) is 4.50. The predicted octanol–water partition coefficient (Wildman–Crippen LogP) is 1.89. The zero-order valence-corrected chi connectivity index (χ0v) is 10.6. The summed E-state index contributed by atoms with van der Waals surface area (Å²) in [5.41, 5.74) is 2.29. The van der Waals surface area contributed by atoms with Crippen LogP contribution in [0.2, 0.25) is 0 Å². The molecule has 2 aromatic rings. The van der Waals surface area contributed by atoms with Crippen LogP contribution in [0, 0.1) is 6.92 Å². The fraction of sp³-hybridized carbons (Fsp3) is 0.200. The van der Waals surface area contributed by atoms with E-state index in [0.717, 1.165) is 10.9 Å².